The fourth-order valence-electron chi connectivity index (χ4n) is 5.21. The number of ether oxygens (including phenoxy) is 1. The van der Waals surface area contributed by atoms with E-state index < -0.39 is 5.54 Å². The molecule has 0 spiro atoms. The van der Waals surface area contributed by atoms with Gasteiger partial charge < -0.3 is 20.3 Å². The van der Waals surface area contributed by atoms with Gasteiger partial charge in [0.15, 0.2) is 11.6 Å². The monoisotopic (exact) mass is 495 g/mol. The maximum atomic E-state index is 13.3. The van der Waals surface area contributed by atoms with Crippen LogP contribution in [-0.2, 0) is 5.54 Å². The van der Waals surface area contributed by atoms with Crippen molar-refractivity contribution in [1.82, 2.24) is 30.4 Å². The number of fused-ring (bicyclic) bond motifs is 1. The minimum absolute atomic E-state index is 0.0790. The molecule has 0 radical (unpaired) electrons. The van der Waals surface area contributed by atoms with Crippen LogP contribution in [0.1, 0.15) is 40.6 Å². The molecule has 4 aromatic rings. The average Bonchev–Trinajstić information content (AvgIpc) is 3.58. The van der Waals surface area contributed by atoms with Gasteiger partial charge in [0.05, 0.1) is 12.6 Å². The number of hydrogen-bond donors (Lipinski definition) is 3. The highest BCUT2D eigenvalue weighted by atomic mass is 16.5. The van der Waals surface area contributed by atoms with Crippen LogP contribution in [0.2, 0.25) is 0 Å². The molecular formula is C28H29N7O2. The molecule has 2 aromatic carbocycles. The van der Waals surface area contributed by atoms with Crippen LogP contribution >= 0.6 is 0 Å². The summed E-state index contributed by atoms with van der Waals surface area (Å²) in [7, 11) is 2.10. The van der Waals surface area contributed by atoms with Gasteiger partial charge in [0.25, 0.3) is 5.91 Å². The second-order valence-corrected chi connectivity index (χ2v) is 9.72. The molecule has 3 N–H and O–H groups in total. The van der Waals surface area contributed by atoms with Crippen molar-refractivity contribution >= 4 is 11.6 Å². The van der Waals surface area contributed by atoms with E-state index in [1.165, 1.54) is 0 Å². The van der Waals surface area contributed by atoms with Gasteiger partial charge in [0, 0.05) is 54.3 Å². The van der Waals surface area contributed by atoms with E-state index in [1.807, 2.05) is 60.7 Å². The van der Waals surface area contributed by atoms with Gasteiger partial charge in [-0.1, -0.05) is 24.3 Å². The van der Waals surface area contributed by atoms with E-state index in [9.17, 15) is 4.79 Å². The number of rotatable bonds is 6. The highest BCUT2D eigenvalue weighted by Crippen LogP contribution is 2.35. The lowest BCUT2D eigenvalue weighted by molar-refractivity contribution is 0.0925. The molecule has 188 valence electrons. The van der Waals surface area contributed by atoms with Crippen molar-refractivity contribution in [2.75, 3.05) is 32.1 Å². The summed E-state index contributed by atoms with van der Waals surface area (Å²) in [6.07, 6.45) is 5.06. The molecule has 0 bridgehead atoms. The van der Waals surface area contributed by atoms with E-state index in [-0.39, 0.29) is 11.9 Å². The van der Waals surface area contributed by atoms with Crippen molar-refractivity contribution in [3.8, 4) is 17.1 Å². The van der Waals surface area contributed by atoms with Gasteiger partial charge in [0.2, 0.25) is 0 Å². The summed E-state index contributed by atoms with van der Waals surface area (Å²) in [5.74, 6) is 2.14. The Morgan fingerprint density at radius 1 is 1.14 bits per heavy atom. The molecule has 1 saturated heterocycles. The number of nitrogens with one attached hydrogen (secondary N) is 3. The Kier molecular flexibility index (Phi) is 6.05. The van der Waals surface area contributed by atoms with Gasteiger partial charge >= 0.3 is 0 Å². The van der Waals surface area contributed by atoms with Crippen molar-refractivity contribution < 1.29 is 9.53 Å². The van der Waals surface area contributed by atoms with Gasteiger partial charge in [0.1, 0.15) is 11.3 Å². The van der Waals surface area contributed by atoms with Crippen LogP contribution < -0.4 is 15.4 Å². The lowest BCUT2D eigenvalue weighted by atomic mass is 9.96. The Morgan fingerprint density at radius 2 is 2.00 bits per heavy atom. The minimum Gasteiger partial charge on any atom is -0.493 e. The number of H-pyrrole nitrogens is 1. The number of aromatic amines is 1. The van der Waals surface area contributed by atoms with Gasteiger partial charge in [-0.3, -0.25) is 14.9 Å². The minimum atomic E-state index is -0.457. The average molecular weight is 496 g/mol. The third-order valence-corrected chi connectivity index (χ3v) is 7.11. The Labute approximate surface area is 215 Å². The first kappa shape index (κ1) is 23.2. The third kappa shape index (κ3) is 4.65. The van der Waals surface area contributed by atoms with Crippen LogP contribution in [-0.4, -0.2) is 57.7 Å². The first-order valence-electron chi connectivity index (χ1n) is 12.5. The molecule has 9 nitrogen and oxygen atoms in total. The SMILES string of the molecule is CN1CC[C@@](Nc2cccc(C(=O)N[C@H]3CCOc4ccccc43)c2)(c2nc(-c3ccncc3)n[nH]2)C1. The maximum absolute atomic E-state index is 13.3. The first-order chi connectivity index (χ1) is 18.1. The quantitative estimate of drug-likeness (QED) is 0.374. The number of likely N-dealkylation sites (tertiary alicyclic amines) is 1. The molecule has 0 unspecified atom stereocenters. The van der Waals surface area contributed by atoms with E-state index in [2.05, 4.69) is 37.8 Å². The van der Waals surface area contributed by atoms with Gasteiger partial charge in [-0.25, -0.2) is 4.98 Å². The van der Waals surface area contributed by atoms with Crippen molar-refractivity contribution in [3.63, 3.8) is 0 Å². The lowest BCUT2D eigenvalue weighted by Crippen LogP contribution is -2.39. The number of hydrogen-bond acceptors (Lipinski definition) is 7. The van der Waals surface area contributed by atoms with Crippen LogP contribution in [0.5, 0.6) is 5.75 Å². The highest BCUT2D eigenvalue weighted by Gasteiger charge is 2.41. The number of anilines is 1. The Balaban J connectivity index is 1.24. The Bertz CT molecular complexity index is 1410. The zero-order valence-corrected chi connectivity index (χ0v) is 20.6. The van der Waals surface area contributed by atoms with Crippen molar-refractivity contribution in [1.29, 1.82) is 0 Å². The lowest BCUT2D eigenvalue weighted by Gasteiger charge is -2.29. The van der Waals surface area contributed by atoms with Gasteiger partial charge in [-0.15, -0.1) is 0 Å². The molecule has 6 rings (SSSR count). The van der Waals surface area contributed by atoms with Crippen LogP contribution in [0.4, 0.5) is 5.69 Å². The maximum Gasteiger partial charge on any atom is 0.251 e. The predicted molar refractivity (Wildman–Crippen MR) is 140 cm³/mol. The van der Waals surface area contributed by atoms with Crippen LogP contribution in [0.3, 0.4) is 0 Å². The van der Waals surface area contributed by atoms with E-state index in [1.54, 1.807) is 12.4 Å². The Hall–Kier alpha value is -4.24. The van der Waals surface area contributed by atoms with Gasteiger partial charge in [-0.2, -0.15) is 5.10 Å². The highest BCUT2D eigenvalue weighted by molar-refractivity contribution is 5.95. The summed E-state index contributed by atoms with van der Waals surface area (Å²) >= 11 is 0. The number of carbonyl (C=O) groups excluding carboxylic acids is 1. The molecule has 0 aliphatic carbocycles. The molecule has 4 heterocycles. The number of para-hydroxylation sites is 1. The molecule has 2 atom stereocenters. The number of pyridine rings is 1. The topological polar surface area (TPSA) is 108 Å². The smallest absolute Gasteiger partial charge is 0.251 e. The van der Waals surface area contributed by atoms with E-state index in [0.717, 1.165) is 54.3 Å². The van der Waals surface area contributed by atoms with Crippen molar-refractivity contribution in [3.05, 3.63) is 90.0 Å². The number of nitrogens with zero attached hydrogens (tertiary/aromatic N) is 4. The Morgan fingerprint density at radius 3 is 2.84 bits per heavy atom. The largest absolute Gasteiger partial charge is 0.493 e. The molecule has 2 aliphatic rings. The van der Waals surface area contributed by atoms with E-state index in [0.29, 0.717) is 18.0 Å². The van der Waals surface area contributed by atoms with Crippen molar-refractivity contribution in [2.45, 2.75) is 24.4 Å². The molecule has 9 heteroatoms. The fourth-order valence-corrected chi connectivity index (χ4v) is 5.21. The third-order valence-electron chi connectivity index (χ3n) is 7.11. The normalized spacial score (nSPS) is 21.2. The fraction of sp³-hybridized carbons (Fsp3) is 0.286. The zero-order valence-electron chi connectivity index (χ0n) is 20.6. The molecule has 2 aromatic heterocycles. The number of carbonyl (C=O) groups is 1. The summed E-state index contributed by atoms with van der Waals surface area (Å²) < 4.78 is 5.74. The van der Waals surface area contributed by atoms with E-state index in [4.69, 9.17) is 9.72 Å². The summed E-state index contributed by atoms with van der Waals surface area (Å²) in [6, 6.07) is 19.2. The predicted octanol–water partition coefficient (Wildman–Crippen LogP) is 3.76. The summed E-state index contributed by atoms with van der Waals surface area (Å²) in [6.45, 7) is 2.26. The van der Waals surface area contributed by atoms with Crippen molar-refractivity contribution in [2.24, 2.45) is 0 Å². The summed E-state index contributed by atoms with van der Waals surface area (Å²) in [5, 5.41) is 14.5. The van der Waals surface area contributed by atoms with E-state index >= 15 is 0 Å². The number of likely N-dealkylation sites (N-methyl/N-ethyl adjacent to an activating group) is 1. The number of benzene rings is 2. The second kappa shape index (κ2) is 9.67. The standard InChI is InChI=1S/C28H29N7O2/c1-35-15-12-28(18-35,27-31-25(33-34-27)19-9-13-29-14-10-19)32-21-6-4-5-20(17-21)26(36)30-23-11-16-37-24-8-3-2-7-22(23)24/h2-10,13-14,17,23,32H,11-12,15-16,18H2,1H3,(H,30,36)(H,31,33,34)/t23-,28-/m0/s1. The summed E-state index contributed by atoms with van der Waals surface area (Å²) in [4.78, 5) is 24.4. The summed E-state index contributed by atoms with van der Waals surface area (Å²) in [5.41, 5.74) is 2.93. The first-order valence-corrected chi connectivity index (χ1v) is 12.5. The zero-order chi connectivity index (χ0) is 25.2. The van der Waals surface area contributed by atoms with Crippen LogP contribution in [0.15, 0.2) is 73.1 Å². The molecule has 2 aliphatic heterocycles. The molecule has 37 heavy (non-hydrogen) atoms. The molecule has 0 saturated carbocycles. The van der Waals surface area contributed by atoms with Crippen LogP contribution in [0, 0.1) is 0 Å². The second-order valence-electron chi connectivity index (χ2n) is 9.72. The van der Waals surface area contributed by atoms with Crippen LogP contribution in [0.25, 0.3) is 11.4 Å². The molecule has 1 fully saturated rings. The van der Waals surface area contributed by atoms with Gasteiger partial charge in [-0.05, 0) is 49.9 Å². The molecule has 1 amide bonds. The number of aromatic nitrogens is 4. The molecular weight excluding hydrogens is 466 g/mol. The number of amides is 1.